The normalized spacial score (nSPS) is 16.0. The largest absolute Gasteiger partial charge is 0.481 e. The van der Waals surface area contributed by atoms with Crippen LogP contribution in [-0.2, 0) is 4.79 Å². The third-order valence-corrected chi connectivity index (χ3v) is 4.21. The molecule has 23 heavy (non-hydrogen) atoms. The first-order valence-corrected chi connectivity index (χ1v) is 7.88. The lowest BCUT2D eigenvalue weighted by Crippen LogP contribution is -2.38. The van der Waals surface area contributed by atoms with E-state index in [1.54, 1.807) is 0 Å². The number of carboxylic acids is 1. The van der Waals surface area contributed by atoms with Crippen molar-refractivity contribution in [1.82, 2.24) is 4.90 Å². The first-order valence-electron chi connectivity index (χ1n) is 7.07. The molecule has 1 unspecified atom stereocenters. The van der Waals surface area contributed by atoms with Gasteiger partial charge in [-0.05, 0) is 48.9 Å². The molecule has 0 aliphatic heterocycles. The van der Waals surface area contributed by atoms with Crippen LogP contribution in [-0.4, -0.2) is 40.0 Å². The predicted octanol–water partition coefficient (Wildman–Crippen LogP) is 3.62. The number of carbonyl (C=O) groups excluding carboxylic acids is 1. The molecule has 0 aromatic heterocycles. The zero-order chi connectivity index (χ0) is 17.2. The Labute approximate surface area is 135 Å². The molecule has 1 fully saturated rings. The number of alkyl halides is 3. The van der Waals surface area contributed by atoms with Gasteiger partial charge in [0.15, 0.2) is 0 Å². The molecule has 0 saturated heterocycles. The number of rotatable bonds is 6. The first-order chi connectivity index (χ1) is 10.7. The molecule has 1 aliphatic rings. The van der Waals surface area contributed by atoms with Gasteiger partial charge >= 0.3 is 11.5 Å². The second-order valence-electron chi connectivity index (χ2n) is 5.50. The van der Waals surface area contributed by atoms with Gasteiger partial charge in [-0.15, -0.1) is 0 Å². The van der Waals surface area contributed by atoms with E-state index in [9.17, 15) is 22.8 Å². The van der Waals surface area contributed by atoms with Crippen molar-refractivity contribution >= 4 is 23.6 Å². The Balaban J connectivity index is 2.09. The highest BCUT2D eigenvalue weighted by molar-refractivity contribution is 8.00. The fourth-order valence-electron chi connectivity index (χ4n) is 2.12. The van der Waals surface area contributed by atoms with Crippen molar-refractivity contribution in [2.24, 2.45) is 5.92 Å². The Morgan fingerprint density at radius 1 is 1.30 bits per heavy atom. The van der Waals surface area contributed by atoms with E-state index in [0.717, 1.165) is 12.8 Å². The van der Waals surface area contributed by atoms with Crippen molar-refractivity contribution in [3.63, 3.8) is 0 Å². The number of thioether (sulfide) groups is 1. The van der Waals surface area contributed by atoms with Crippen LogP contribution in [0.5, 0.6) is 0 Å². The highest BCUT2D eigenvalue weighted by Gasteiger charge is 2.35. The number of nitrogens with zero attached hydrogens (tertiary/aromatic N) is 1. The minimum Gasteiger partial charge on any atom is -0.481 e. The Morgan fingerprint density at radius 3 is 2.30 bits per heavy atom. The summed E-state index contributed by atoms with van der Waals surface area (Å²) in [7, 11) is 0. The van der Waals surface area contributed by atoms with Gasteiger partial charge in [0.2, 0.25) is 0 Å². The summed E-state index contributed by atoms with van der Waals surface area (Å²) in [5.74, 6) is -2.02. The Kier molecular flexibility index (Phi) is 5.23. The fourth-order valence-corrected chi connectivity index (χ4v) is 2.66. The van der Waals surface area contributed by atoms with E-state index >= 15 is 0 Å². The summed E-state index contributed by atoms with van der Waals surface area (Å²) in [6, 6.07) is 5.20. The van der Waals surface area contributed by atoms with Crippen LogP contribution in [0.2, 0.25) is 0 Å². The van der Waals surface area contributed by atoms with Crippen LogP contribution in [0.1, 0.15) is 30.1 Å². The standard InChI is InChI=1S/C15H16F3NO3S/c1-9(14(21)22)8-19(11-4-5-11)13(20)10-2-6-12(7-3-10)23-15(16,17)18/h2-3,6-7,9,11H,4-5,8H2,1H3,(H,21,22). The molecule has 1 aromatic rings. The zero-order valence-corrected chi connectivity index (χ0v) is 13.2. The summed E-state index contributed by atoms with van der Waals surface area (Å²) in [6.45, 7) is 1.62. The van der Waals surface area contributed by atoms with Crippen molar-refractivity contribution < 1.29 is 27.9 Å². The second kappa shape index (κ2) is 6.82. The molecule has 1 aromatic carbocycles. The van der Waals surface area contributed by atoms with E-state index in [-0.39, 0.29) is 40.7 Å². The number of amides is 1. The molecule has 8 heteroatoms. The SMILES string of the molecule is CC(CN(C(=O)c1ccc(SC(F)(F)F)cc1)C1CC1)C(=O)O. The third-order valence-electron chi connectivity index (χ3n) is 3.48. The molecule has 0 radical (unpaired) electrons. The molecule has 1 N–H and O–H groups in total. The van der Waals surface area contributed by atoms with Gasteiger partial charge in [0.1, 0.15) is 0 Å². The van der Waals surface area contributed by atoms with Crippen LogP contribution in [0.25, 0.3) is 0 Å². The van der Waals surface area contributed by atoms with Gasteiger partial charge in [-0.1, -0.05) is 6.92 Å². The quantitative estimate of drug-likeness (QED) is 0.799. The van der Waals surface area contributed by atoms with E-state index in [1.807, 2.05) is 0 Å². The molecule has 2 rings (SSSR count). The second-order valence-corrected chi connectivity index (χ2v) is 6.64. The smallest absolute Gasteiger partial charge is 0.446 e. The van der Waals surface area contributed by atoms with Crippen molar-refractivity contribution in [3.8, 4) is 0 Å². The summed E-state index contributed by atoms with van der Waals surface area (Å²) in [6.07, 6.45) is 1.64. The molecule has 1 atom stereocenters. The maximum atomic E-state index is 12.5. The van der Waals surface area contributed by atoms with Gasteiger partial charge in [0.25, 0.3) is 5.91 Å². The minimum absolute atomic E-state index is 0.00549. The number of aliphatic carboxylic acids is 1. The molecular weight excluding hydrogens is 331 g/mol. The number of hydrogen-bond acceptors (Lipinski definition) is 3. The summed E-state index contributed by atoms with van der Waals surface area (Å²) >= 11 is -0.240. The molecule has 1 saturated carbocycles. The van der Waals surface area contributed by atoms with Gasteiger partial charge in [-0.25, -0.2) is 0 Å². The summed E-state index contributed by atoms with van der Waals surface area (Å²) in [5.41, 5.74) is -4.11. The zero-order valence-electron chi connectivity index (χ0n) is 12.3. The van der Waals surface area contributed by atoms with Crippen molar-refractivity contribution in [1.29, 1.82) is 0 Å². The lowest BCUT2D eigenvalue weighted by Gasteiger charge is -2.24. The Bertz CT molecular complexity index is 585. The first kappa shape index (κ1) is 17.7. The third kappa shape index (κ3) is 5.16. The summed E-state index contributed by atoms with van der Waals surface area (Å²) in [4.78, 5) is 25.0. The van der Waals surface area contributed by atoms with Crippen LogP contribution in [0, 0.1) is 5.92 Å². The lowest BCUT2D eigenvalue weighted by atomic mass is 10.1. The average Bonchev–Trinajstić information content (AvgIpc) is 3.27. The van der Waals surface area contributed by atoms with Crippen LogP contribution >= 0.6 is 11.8 Å². The van der Waals surface area contributed by atoms with Crippen molar-refractivity contribution in [2.75, 3.05) is 6.54 Å². The number of carbonyl (C=O) groups is 2. The molecule has 4 nitrogen and oxygen atoms in total. The lowest BCUT2D eigenvalue weighted by molar-refractivity contribution is -0.141. The van der Waals surface area contributed by atoms with Crippen LogP contribution in [0.3, 0.4) is 0 Å². The van der Waals surface area contributed by atoms with Crippen LogP contribution in [0.15, 0.2) is 29.2 Å². The number of hydrogen-bond donors (Lipinski definition) is 1. The predicted molar refractivity (Wildman–Crippen MR) is 79.2 cm³/mol. The van der Waals surface area contributed by atoms with Crippen LogP contribution < -0.4 is 0 Å². The van der Waals surface area contributed by atoms with E-state index < -0.39 is 17.4 Å². The Morgan fingerprint density at radius 2 is 1.87 bits per heavy atom. The molecule has 126 valence electrons. The maximum Gasteiger partial charge on any atom is 0.446 e. The monoisotopic (exact) mass is 347 g/mol. The average molecular weight is 347 g/mol. The van der Waals surface area contributed by atoms with Crippen LogP contribution in [0.4, 0.5) is 13.2 Å². The minimum atomic E-state index is -4.37. The van der Waals surface area contributed by atoms with Gasteiger partial charge in [-0.3, -0.25) is 9.59 Å². The molecular formula is C15H16F3NO3S. The molecule has 0 heterocycles. The van der Waals surface area contributed by atoms with Gasteiger partial charge in [0.05, 0.1) is 5.92 Å². The van der Waals surface area contributed by atoms with Gasteiger partial charge in [-0.2, -0.15) is 13.2 Å². The molecule has 0 bridgehead atoms. The fraction of sp³-hybridized carbons (Fsp3) is 0.467. The molecule has 1 aliphatic carbocycles. The van der Waals surface area contributed by atoms with E-state index in [2.05, 4.69) is 0 Å². The Hall–Kier alpha value is -1.70. The van der Waals surface area contributed by atoms with E-state index in [1.165, 1.54) is 36.1 Å². The summed E-state index contributed by atoms with van der Waals surface area (Å²) in [5, 5.41) is 8.98. The van der Waals surface area contributed by atoms with Crippen molar-refractivity contribution in [2.45, 2.75) is 36.2 Å². The number of halogens is 3. The van der Waals surface area contributed by atoms with Crippen molar-refractivity contribution in [3.05, 3.63) is 29.8 Å². The molecule has 0 spiro atoms. The topological polar surface area (TPSA) is 57.6 Å². The summed E-state index contributed by atoms with van der Waals surface area (Å²) < 4.78 is 36.9. The number of benzene rings is 1. The highest BCUT2D eigenvalue weighted by Crippen LogP contribution is 2.37. The maximum absolute atomic E-state index is 12.5. The highest BCUT2D eigenvalue weighted by atomic mass is 32.2. The van der Waals surface area contributed by atoms with E-state index in [4.69, 9.17) is 5.11 Å². The molecule has 1 amide bonds. The number of carboxylic acid groups (broad SMARTS) is 1. The van der Waals surface area contributed by atoms with Gasteiger partial charge in [0, 0.05) is 23.0 Å². The van der Waals surface area contributed by atoms with E-state index in [0.29, 0.717) is 0 Å². The van der Waals surface area contributed by atoms with Gasteiger partial charge < -0.3 is 10.0 Å².